The number of halogens is 1. The number of hydrogen-bond donors (Lipinski definition) is 0. The van der Waals surface area contributed by atoms with Crippen molar-refractivity contribution in [1.29, 1.82) is 0 Å². The van der Waals surface area contributed by atoms with Gasteiger partial charge < -0.3 is 0 Å². The van der Waals surface area contributed by atoms with E-state index in [1.807, 2.05) is 54.6 Å². The second-order valence-electron chi connectivity index (χ2n) is 2.45. The second-order valence-corrected chi connectivity index (χ2v) is 3.70. The van der Waals surface area contributed by atoms with Gasteiger partial charge >= 0.3 is 0 Å². The van der Waals surface area contributed by atoms with Gasteiger partial charge in [0.25, 0.3) is 0 Å². The van der Waals surface area contributed by atoms with E-state index in [4.69, 9.17) is 0 Å². The van der Waals surface area contributed by atoms with Crippen LogP contribution in [0.15, 0.2) is 66.7 Å². The molecule has 0 heterocycles. The molecular weight excluding hydrogens is 271 g/mol. The summed E-state index contributed by atoms with van der Waals surface area (Å²) in [6, 6.07) is 22.2. The van der Waals surface area contributed by atoms with E-state index in [1.165, 1.54) is 3.57 Å². The topological polar surface area (TPSA) is 0 Å². The highest BCUT2D eigenvalue weighted by molar-refractivity contribution is 14.1. The Morgan fingerprint density at radius 3 is 1.08 bits per heavy atom. The Bertz CT molecular complexity index is 276. The van der Waals surface area contributed by atoms with Crippen LogP contribution in [-0.4, -0.2) is 0 Å². The Morgan fingerprint density at radius 1 is 0.538 bits per heavy atom. The van der Waals surface area contributed by atoms with Crippen LogP contribution in [0.25, 0.3) is 0 Å². The molecule has 1 heteroatoms. The van der Waals surface area contributed by atoms with Crippen molar-refractivity contribution in [2.75, 3.05) is 0 Å². The first kappa shape index (κ1) is 10.3. The normalized spacial score (nSPS) is 8.38. The summed E-state index contributed by atoms with van der Waals surface area (Å²) in [6.45, 7) is 0. The summed E-state index contributed by atoms with van der Waals surface area (Å²) in [6.07, 6.45) is 0. The lowest BCUT2D eigenvalue weighted by Crippen LogP contribution is -1.61. The van der Waals surface area contributed by atoms with E-state index in [9.17, 15) is 0 Å². The van der Waals surface area contributed by atoms with Crippen molar-refractivity contribution in [2.45, 2.75) is 0 Å². The first-order chi connectivity index (χ1) is 6.39. The largest absolute Gasteiger partial charge is 0.0623 e. The molecule has 0 aliphatic carbocycles. The Morgan fingerprint density at radius 2 is 0.846 bits per heavy atom. The van der Waals surface area contributed by atoms with Gasteiger partial charge in [-0.25, -0.2) is 0 Å². The third kappa shape index (κ3) is 5.42. The number of hydrogen-bond acceptors (Lipinski definition) is 0. The number of rotatable bonds is 0. The van der Waals surface area contributed by atoms with Gasteiger partial charge in [0, 0.05) is 3.57 Å². The zero-order chi connectivity index (χ0) is 9.36. The maximum atomic E-state index is 2.28. The third-order valence-corrected chi connectivity index (χ3v) is 2.12. The molecule has 0 aliphatic rings. The molecule has 0 fully saturated rings. The van der Waals surface area contributed by atoms with E-state index in [-0.39, 0.29) is 0 Å². The van der Waals surface area contributed by atoms with Gasteiger partial charge in [-0.2, -0.15) is 0 Å². The van der Waals surface area contributed by atoms with Gasteiger partial charge in [-0.05, 0) is 34.7 Å². The molecule has 0 spiro atoms. The first-order valence-electron chi connectivity index (χ1n) is 4.10. The predicted molar refractivity (Wildman–Crippen MR) is 65.6 cm³/mol. The minimum absolute atomic E-state index is 1.29. The Labute approximate surface area is 92.8 Å². The smallest absolute Gasteiger partial charge is 0.0130 e. The van der Waals surface area contributed by atoms with Crippen molar-refractivity contribution >= 4 is 22.6 Å². The third-order valence-electron chi connectivity index (χ3n) is 1.40. The molecule has 0 bridgehead atoms. The monoisotopic (exact) mass is 282 g/mol. The van der Waals surface area contributed by atoms with Crippen LogP contribution in [0.2, 0.25) is 0 Å². The number of benzene rings is 2. The lowest BCUT2D eigenvalue weighted by Gasteiger charge is -1.80. The van der Waals surface area contributed by atoms with Crippen molar-refractivity contribution in [3.8, 4) is 0 Å². The lowest BCUT2D eigenvalue weighted by molar-refractivity contribution is 1.65. The van der Waals surface area contributed by atoms with E-state index in [1.54, 1.807) is 0 Å². The summed E-state index contributed by atoms with van der Waals surface area (Å²) < 4.78 is 1.29. The Kier molecular flexibility index (Phi) is 5.25. The van der Waals surface area contributed by atoms with Gasteiger partial charge in [0.15, 0.2) is 0 Å². The summed E-state index contributed by atoms with van der Waals surface area (Å²) in [5.74, 6) is 0. The summed E-state index contributed by atoms with van der Waals surface area (Å²) in [7, 11) is 0. The van der Waals surface area contributed by atoms with Crippen LogP contribution in [0, 0.1) is 3.57 Å². The molecule has 0 saturated heterocycles. The van der Waals surface area contributed by atoms with Crippen molar-refractivity contribution in [1.82, 2.24) is 0 Å². The van der Waals surface area contributed by atoms with Crippen molar-refractivity contribution in [3.05, 3.63) is 70.3 Å². The van der Waals surface area contributed by atoms with E-state index >= 15 is 0 Å². The van der Waals surface area contributed by atoms with Crippen molar-refractivity contribution < 1.29 is 0 Å². The molecule has 0 atom stereocenters. The first-order valence-corrected chi connectivity index (χ1v) is 5.18. The Balaban J connectivity index is 0.000000132. The minimum atomic E-state index is 1.29. The molecule has 0 N–H and O–H groups in total. The van der Waals surface area contributed by atoms with Crippen LogP contribution >= 0.6 is 22.6 Å². The molecule has 0 aliphatic heterocycles. The molecular formula is C12H11I. The molecule has 2 aromatic rings. The molecule has 13 heavy (non-hydrogen) atoms. The fraction of sp³-hybridized carbons (Fsp3) is 0. The van der Waals surface area contributed by atoms with Gasteiger partial charge in [0.1, 0.15) is 0 Å². The maximum Gasteiger partial charge on any atom is 0.0130 e. The molecule has 0 nitrogen and oxygen atoms in total. The van der Waals surface area contributed by atoms with Crippen molar-refractivity contribution in [2.24, 2.45) is 0 Å². The van der Waals surface area contributed by atoms with Crippen LogP contribution in [0.3, 0.4) is 0 Å². The van der Waals surface area contributed by atoms with E-state index in [0.717, 1.165) is 0 Å². The zero-order valence-corrected chi connectivity index (χ0v) is 9.39. The standard InChI is InChI=1S/C6H5I.C6H6/c7-6-4-2-1-3-5-6;1-2-4-6-5-3-1/h1-5H;1-6H. The highest BCUT2D eigenvalue weighted by Gasteiger charge is 1.74. The molecule has 0 saturated carbocycles. The summed E-state index contributed by atoms with van der Waals surface area (Å²) in [5.41, 5.74) is 0. The summed E-state index contributed by atoms with van der Waals surface area (Å²) in [5, 5.41) is 0. The minimum Gasteiger partial charge on any atom is -0.0623 e. The molecule has 66 valence electrons. The zero-order valence-electron chi connectivity index (χ0n) is 7.23. The fourth-order valence-electron chi connectivity index (χ4n) is 0.800. The van der Waals surface area contributed by atoms with Gasteiger partial charge in [-0.1, -0.05) is 54.6 Å². The van der Waals surface area contributed by atoms with Gasteiger partial charge in [0.05, 0.1) is 0 Å². The molecule has 0 unspecified atom stereocenters. The highest BCUT2D eigenvalue weighted by atomic mass is 127. The van der Waals surface area contributed by atoms with Crippen LogP contribution in [0.5, 0.6) is 0 Å². The van der Waals surface area contributed by atoms with E-state index in [0.29, 0.717) is 0 Å². The van der Waals surface area contributed by atoms with Gasteiger partial charge in [0.2, 0.25) is 0 Å². The van der Waals surface area contributed by atoms with Crippen LogP contribution in [-0.2, 0) is 0 Å². The van der Waals surface area contributed by atoms with E-state index < -0.39 is 0 Å². The molecule has 0 aromatic heterocycles. The average Bonchev–Trinajstić information content (AvgIpc) is 2.22. The van der Waals surface area contributed by atoms with Gasteiger partial charge in [-0.15, -0.1) is 0 Å². The van der Waals surface area contributed by atoms with Crippen LogP contribution < -0.4 is 0 Å². The highest BCUT2D eigenvalue weighted by Crippen LogP contribution is 1.99. The van der Waals surface area contributed by atoms with Crippen LogP contribution in [0.1, 0.15) is 0 Å². The fourth-order valence-corrected chi connectivity index (χ4v) is 1.21. The quantitative estimate of drug-likeness (QED) is 0.641. The average molecular weight is 282 g/mol. The SMILES string of the molecule is Ic1ccccc1.c1ccccc1. The predicted octanol–water partition coefficient (Wildman–Crippen LogP) is 3.98. The van der Waals surface area contributed by atoms with Crippen molar-refractivity contribution in [3.63, 3.8) is 0 Å². The van der Waals surface area contributed by atoms with E-state index in [2.05, 4.69) is 34.7 Å². The van der Waals surface area contributed by atoms with Crippen LogP contribution in [0.4, 0.5) is 0 Å². The molecule has 2 aromatic carbocycles. The summed E-state index contributed by atoms with van der Waals surface area (Å²) in [4.78, 5) is 0. The molecule has 0 radical (unpaired) electrons. The summed E-state index contributed by atoms with van der Waals surface area (Å²) >= 11 is 2.28. The molecule has 0 amide bonds. The maximum absolute atomic E-state index is 2.28. The lowest BCUT2D eigenvalue weighted by atomic mass is 10.4. The molecule has 2 rings (SSSR count). The Hall–Kier alpha value is -0.830. The van der Waals surface area contributed by atoms with Gasteiger partial charge in [-0.3, -0.25) is 0 Å². The second kappa shape index (κ2) is 6.66.